The van der Waals surface area contributed by atoms with Crippen LogP contribution in [0.5, 0.6) is 0 Å². The molecule has 12 heteroatoms. The lowest BCUT2D eigenvalue weighted by Gasteiger charge is -2.55. The Labute approximate surface area is 212 Å². The van der Waals surface area contributed by atoms with Gasteiger partial charge in [-0.2, -0.15) is 9.61 Å². The third kappa shape index (κ3) is 3.58. The van der Waals surface area contributed by atoms with Crippen LogP contribution in [0.1, 0.15) is 43.5 Å². The minimum absolute atomic E-state index is 0.0259. The van der Waals surface area contributed by atoms with Gasteiger partial charge < -0.3 is 10.6 Å². The number of pyridine rings is 1. The Kier molecular flexibility index (Phi) is 5.16. The van der Waals surface area contributed by atoms with Gasteiger partial charge in [0.25, 0.3) is 0 Å². The number of nitrogens with two attached hydrogens (primary N) is 1. The SMILES string of the molecule is CC(=O)N1C2C[C@@H](c3nc4c(-c5ccc(-c6nc(C)cs6)nc5)cnn4c(N)c3S(C)(=O)=O)C[C@@H]1C2. The average Bonchev–Trinajstić information content (AvgIpc) is 3.44. The third-order valence-electron chi connectivity index (χ3n) is 7.14. The number of thiazole rings is 1. The predicted molar refractivity (Wildman–Crippen MR) is 136 cm³/mol. The van der Waals surface area contributed by atoms with E-state index in [1.165, 1.54) is 15.9 Å². The van der Waals surface area contributed by atoms with Gasteiger partial charge in [-0.3, -0.25) is 9.78 Å². The number of aryl methyl sites for hydroxylation is 1. The number of nitrogens with zero attached hydrogens (tertiary/aromatic N) is 6. The molecule has 0 aromatic carbocycles. The van der Waals surface area contributed by atoms with Crippen LogP contribution in [-0.2, 0) is 14.6 Å². The van der Waals surface area contributed by atoms with E-state index in [4.69, 9.17) is 10.7 Å². The van der Waals surface area contributed by atoms with Crippen molar-refractivity contribution in [3.05, 3.63) is 41.3 Å². The van der Waals surface area contributed by atoms with Gasteiger partial charge in [-0.1, -0.05) is 6.07 Å². The van der Waals surface area contributed by atoms with Crippen LogP contribution in [0, 0.1) is 6.92 Å². The van der Waals surface area contributed by atoms with Crippen molar-refractivity contribution in [3.63, 3.8) is 0 Å². The first-order chi connectivity index (χ1) is 17.1. The monoisotopic (exact) mass is 523 g/mol. The molecular formula is C24H25N7O3S2. The van der Waals surface area contributed by atoms with E-state index >= 15 is 0 Å². The van der Waals surface area contributed by atoms with Crippen LogP contribution in [0.4, 0.5) is 5.82 Å². The second kappa shape index (κ2) is 8.07. The fourth-order valence-corrected chi connectivity index (χ4v) is 7.47. The van der Waals surface area contributed by atoms with Crippen LogP contribution in [0.15, 0.2) is 34.8 Å². The summed E-state index contributed by atoms with van der Waals surface area (Å²) in [6.45, 7) is 3.52. The molecule has 1 unspecified atom stereocenters. The molecule has 10 nitrogen and oxygen atoms in total. The van der Waals surface area contributed by atoms with Crippen molar-refractivity contribution in [1.82, 2.24) is 29.5 Å². The number of anilines is 1. The van der Waals surface area contributed by atoms with Crippen LogP contribution >= 0.6 is 11.3 Å². The summed E-state index contributed by atoms with van der Waals surface area (Å²) in [7, 11) is -3.67. The number of hydrogen-bond donors (Lipinski definition) is 1. The van der Waals surface area contributed by atoms with Gasteiger partial charge >= 0.3 is 0 Å². The maximum Gasteiger partial charge on any atom is 0.219 e. The first kappa shape index (κ1) is 23.0. The lowest BCUT2D eigenvalue weighted by atomic mass is 9.72. The average molecular weight is 524 g/mol. The van der Waals surface area contributed by atoms with E-state index in [0.717, 1.165) is 34.6 Å². The quantitative estimate of drug-likeness (QED) is 0.431. The summed E-state index contributed by atoms with van der Waals surface area (Å²) in [5.74, 6) is -0.00470. The number of carbonyl (C=O) groups excluding carboxylic acids is 1. The van der Waals surface area contributed by atoms with Crippen LogP contribution in [0.3, 0.4) is 0 Å². The highest BCUT2D eigenvalue weighted by Gasteiger charge is 2.48. The van der Waals surface area contributed by atoms with Crippen LogP contribution in [0.2, 0.25) is 0 Å². The maximum absolute atomic E-state index is 12.8. The van der Waals surface area contributed by atoms with Crippen molar-refractivity contribution in [1.29, 1.82) is 0 Å². The molecule has 6 heterocycles. The van der Waals surface area contributed by atoms with Gasteiger partial charge in [0.05, 0.1) is 17.6 Å². The second-order valence-corrected chi connectivity index (χ2v) is 12.5. The number of piperidine rings is 1. The number of sulfone groups is 1. The molecule has 1 amide bonds. The van der Waals surface area contributed by atoms with Crippen molar-refractivity contribution >= 4 is 38.5 Å². The summed E-state index contributed by atoms with van der Waals surface area (Å²) < 4.78 is 27.1. The van der Waals surface area contributed by atoms with Crippen molar-refractivity contribution in [3.8, 4) is 21.8 Å². The molecule has 1 saturated carbocycles. The van der Waals surface area contributed by atoms with Crippen molar-refractivity contribution in [2.75, 3.05) is 12.0 Å². The highest BCUT2D eigenvalue weighted by atomic mass is 32.2. The van der Waals surface area contributed by atoms with Gasteiger partial charge in [-0.15, -0.1) is 11.3 Å². The molecule has 3 atom stereocenters. The lowest BCUT2D eigenvalue weighted by Crippen LogP contribution is -2.62. The van der Waals surface area contributed by atoms with Crippen molar-refractivity contribution < 1.29 is 13.2 Å². The fourth-order valence-electron chi connectivity index (χ4n) is 5.64. The second-order valence-electron chi connectivity index (χ2n) is 9.64. The normalized spacial score (nSPS) is 21.5. The zero-order chi connectivity index (χ0) is 25.4. The minimum atomic E-state index is -3.67. The lowest BCUT2D eigenvalue weighted by molar-refractivity contribution is -0.147. The van der Waals surface area contributed by atoms with Crippen LogP contribution < -0.4 is 5.73 Å². The summed E-state index contributed by atoms with van der Waals surface area (Å²) in [4.78, 5) is 27.9. The Balaban J connectivity index is 1.44. The van der Waals surface area contributed by atoms with Crippen molar-refractivity contribution in [2.45, 2.75) is 56.0 Å². The molecule has 2 N–H and O–H groups in total. The van der Waals surface area contributed by atoms with E-state index in [1.54, 1.807) is 19.3 Å². The summed E-state index contributed by atoms with van der Waals surface area (Å²) in [5.41, 5.74) is 10.6. The van der Waals surface area contributed by atoms with E-state index in [-0.39, 0.29) is 34.6 Å². The van der Waals surface area contributed by atoms with Gasteiger partial charge in [0.15, 0.2) is 15.5 Å². The predicted octanol–water partition coefficient (Wildman–Crippen LogP) is 3.08. The van der Waals surface area contributed by atoms with Gasteiger partial charge in [0.2, 0.25) is 5.91 Å². The molecule has 2 bridgehead atoms. The Bertz CT molecular complexity index is 1610. The van der Waals surface area contributed by atoms with Crippen molar-refractivity contribution in [2.24, 2.45) is 0 Å². The Morgan fingerprint density at radius 3 is 2.47 bits per heavy atom. The Hall–Kier alpha value is -3.38. The van der Waals surface area contributed by atoms with Crippen LogP contribution in [0.25, 0.3) is 27.5 Å². The molecule has 0 radical (unpaired) electrons. The van der Waals surface area contributed by atoms with Gasteiger partial charge in [0.1, 0.15) is 15.7 Å². The van der Waals surface area contributed by atoms with E-state index in [9.17, 15) is 13.2 Å². The standard InChI is InChI=1S/C24H25N7O3S2/c1-12-11-35-24(28-12)19-5-4-14(9-26-19)18-10-27-31-22(25)21(36(3,33)34)20(29-23(18)31)15-6-16-8-17(7-15)30(16)13(2)32/h4-5,9-11,15-17H,6-8,25H2,1-3H3/t15-,16+,17?/m0/s1. The maximum atomic E-state index is 12.8. The van der Waals surface area contributed by atoms with Crippen LogP contribution in [-0.4, -0.2) is 62.1 Å². The summed E-state index contributed by atoms with van der Waals surface area (Å²) >= 11 is 1.54. The smallest absolute Gasteiger partial charge is 0.219 e. The molecule has 1 aliphatic carbocycles. The first-order valence-corrected chi connectivity index (χ1v) is 14.4. The molecule has 4 aromatic rings. The largest absolute Gasteiger partial charge is 0.382 e. The number of fused-ring (bicyclic) bond motifs is 3. The zero-order valence-electron chi connectivity index (χ0n) is 20.0. The summed E-state index contributed by atoms with van der Waals surface area (Å²) in [6, 6.07) is 4.04. The molecule has 36 heavy (non-hydrogen) atoms. The van der Waals surface area contributed by atoms with E-state index in [0.29, 0.717) is 29.7 Å². The van der Waals surface area contributed by atoms with Gasteiger partial charge in [-0.25, -0.2) is 18.4 Å². The molecule has 3 fully saturated rings. The number of aromatic nitrogens is 5. The highest BCUT2D eigenvalue weighted by molar-refractivity contribution is 7.91. The molecule has 2 aliphatic heterocycles. The molecule has 2 saturated heterocycles. The molecule has 7 rings (SSSR count). The molecule has 4 aromatic heterocycles. The number of hydrogen-bond acceptors (Lipinski definition) is 9. The highest BCUT2D eigenvalue weighted by Crippen LogP contribution is 2.47. The molecular weight excluding hydrogens is 498 g/mol. The van der Waals surface area contributed by atoms with E-state index in [1.807, 2.05) is 29.3 Å². The minimum Gasteiger partial charge on any atom is -0.382 e. The third-order valence-corrected chi connectivity index (χ3v) is 9.28. The molecule has 3 aliphatic rings. The van der Waals surface area contributed by atoms with Gasteiger partial charge in [-0.05, 0) is 32.3 Å². The molecule has 186 valence electrons. The number of nitrogen functional groups attached to an aromatic ring is 1. The first-order valence-electron chi connectivity index (χ1n) is 11.7. The number of amides is 1. The summed E-state index contributed by atoms with van der Waals surface area (Å²) in [6.07, 6.45) is 6.79. The molecule has 0 spiro atoms. The summed E-state index contributed by atoms with van der Waals surface area (Å²) in [5, 5.41) is 7.20. The van der Waals surface area contributed by atoms with Gasteiger partial charge in [0, 0.05) is 59.6 Å². The number of rotatable bonds is 4. The Morgan fingerprint density at radius 2 is 1.89 bits per heavy atom. The van der Waals surface area contributed by atoms with E-state index in [2.05, 4.69) is 15.1 Å². The zero-order valence-corrected chi connectivity index (χ0v) is 21.7. The number of carbonyl (C=O) groups is 1. The Morgan fingerprint density at radius 1 is 1.14 bits per heavy atom. The fraction of sp³-hybridized carbons (Fsp3) is 0.375. The van der Waals surface area contributed by atoms with E-state index < -0.39 is 9.84 Å². The topological polar surface area (TPSA) is 136 Å².